The van der Waals surface area contributed by atoms with Crippen LogP contribution in [0, 0.1) is 0 Å². The number of nitrogens with one attached hydrogen (secondary N) is 1. The van der Waals surface area contributed by atoms with Gasteiger partial charge >= 0.3 is 0 Å². The molecule has 1 aromatic rings. The molecule has 18 heavy (non-hydrogen) atoms. The van der Waals surface area contributed by atoms with E-state index in [1.165, 1.54) is 0 Å². The summed E-state index contributed by atoms with van der Waals surface area (Å²) in [7, 11) is 0. The van der Waals surface area contributed by atoms with E-state index in [1.807, 2.05) is 0 Å². The van der Waals surface area contributed by atoms with Crippen LogP contribution in [0.5, 0.6) is 0 Å². The molecule has 0 spiro atoms. The van der Waals surface area contributed by atoms with Crippen LogP contribution in [0.1, 0.15) is 23.2 Å². The highest BCUT2D eigenvalue weighted by Gasteiger charge is 2.13. The molecule has 0 aromatic heterocycles. The van der Waals surface area contributed by atoms with Gasteiger partial charge in [0, 0.05) is 18.0 Å². The van der Waals surface area contributed by atoms with Gasteiger partial charge in [-0.05, 0) is 30.5 Å². The van der Waals surface area contributed by atoms with E-state index in [1.54, 1.807) is 18.2 Å². The van der Waals surface area contributed by atoms with E-state index in [-0.39, 0.29) is 11.5 Å². The molecule has 1 rings (SSSR count). The number of halogens is 2. The maximum absolute atomic E-state index is 11.8. The third-order valence-corrected chi connectivity index (χ3v) is 2.85. The summed E-state index contributed by atoms with van der Waals surface area (Å²) in [5, 5.41) is 6.77. The minimum atomic E-state index is -0.297. The van der Waals surface area contributed by atoms with Gasteiger partial charge in [0.15, 0.2) is 0 Å². The van der Waals surface area contributed by atoms with E-state index >= 15 is 0 Å². The van der Waals surface area contributed by atoms with Crippen LogP contribution < -0.4 is 5.32 Å². The number of rotatable bonds is 6. The molecule has 0 bridgehead atoms. The van der Waals surface area contributed by atoms with Gasteiger partial charge in [-0.1, -0.05) is 34.4 Å². The number of azide groups is 1. The maximum atomic E-state index is 11.8. The first-order chi connectivity index (χ1) is 8.66. The van der Waals surface area contributed by atoms with E-state index < -0.39 is 0 Å². The van der Waals surface area contributed by atoms with Crippen LogP contribution >= 0.6 is 23.2 Å². The Bertz CT molecular complexity index is 452. The fourth-order valence-corrected chi connectivity index (χ4v) is 1.93. The first-order valence-electron chi connectivity index (χ1n) is 5.40. The van der Waals surface area contributed by atoms with Crippen LogP contribution in [-0.2, 0) is 0 Å². The van der Waals surface area contributed by atoms with Crippen LogP contribution in [0.3, 0.4) is 0 Å². The second-order valence-electron chi connectivity index (χ2n) is 3.51. The van der Waals surface area contributed by atoms with Crippen LogP contribution in [-0.4, -0.2) is 19.0 Å². The third kappa shape index (κ3) is 4.45. The summed E-state index contributed by atoms with van der Waals surface area (Å²) in [6, 6.07) is 4.91. The third-order valence-electron chi connectivity index (χ3n) is 2.22. The number of benzene rings is 1. The Morgan fingerprint density at radius 2 is 2.00 bits per heavy atom. The summed E-state index contributed by atoms with van der Waals surface area (Å²) in [5.41, 5.74) is 8.37. The number of amides is 1. The molecule has 0 aliphatic rings. The average Bonchev–Trinajstić information content (AvgIpc) is 2.33. The molecular formula is C11H12Cl2N4O. The van der Waals surface area contributed by atoms with E-state index in [0.29, 0.717) is 23.1 Å². The largest absolute Gasteiger partial charge is 0.352 e. The van der Waals surface area contributed by atoms with E-state index in [4.69, 9.17) is 28.7 Å². The number of carbonyl (C=O) groups is 1. The van der Waals surface area contributed by atoms with Crippen molar-refractivity contribution in [2.45, 2.75) is 12.8 Å². The number of hydrogen-bond acceptors (Lipinski definition) is 2. The summed E-state index contributed by atoms with van der Waals surface area (Å²) < 4.78 is 0. The van der Waals surface area contributed by atoms with Crippen molar-refractivity contribution in [3.63, 3.8) is 0 Å². The Morgan fingerprint density at radius 1 is 1.33 bits per heavy atom. The molecule has 7 heteroatoms. The monoisotopic (exact) mass is 286 g/mol. The lowest BCUT2D eigenvalue weighted by Gasteiger charge is -2.07. The van der Waals surface area contributed by atoms with Crippen molar-refractivity contribution in [1.82, 2.24) is 5.32 Å². The Kier molecular flexibility index (Phi) is 6.36. The molecule has 96 valence electrons. The van der Waals surface area contributed by atoms with Crippen molar-refractivity contribution < 1.29 is 4.79 Å². The van der Waals surface area contributed by atoms with Crippen molar-refractivity contribution in [1.29, 1.82) is 0 Å². The predicted molar refractivity (Wildman–Crippen MR) is 72.0 cm³/mol. The lowest BCUT2D eigenvalue weighted by atomic mass is 10.2. The minimum absolute atomic E-state index is 0.288. The molecule has 0 aliphatic carbocycles. The summed E-state index contributed by atoms with van der Waals surface area (Å²) in [6.07, 6.45) is 1.45. The van der Waals surface area contributed by atoms with Gasteiger partial charge in [-0.3, -0.25) is 4.79 Å². The second kappa shape index (κ2) is 7.82. The normalized spacial score (nSPS) is 9.67. The average molecular weight is 287 g/mol. The molecule has 0 aliphatic heterocycles. The molecule has 1 aromatic carbocycles. The summed E-state index contributed by atoms with van der Waals surface area (Å²) in [5.74, 6) is -0.297. The first-order valence-corrected chi connectivity index (χ1v) is 6.15. The number of unbranched alkanes of at least 4 members (excludes halogenated alkanes) is 1. The Labute approximate surface area is 115 Å². The number of carbonyl (C=O) groups excluding carboxylic acids is 1. The highest BCUT2D eigenvalue weighted by Crippen LogP contribution is 2.23. The molecule has 0 atom stereocenters. The molecule has 0 unspecified atom stereocenters. The Balaban J connectivity index is 2.43. The molecule has 0 fully saturated rings. The van der Waals surface area contributed by atoms with Crippen molar-refractivity contribution in [3.05, 3.63) is 44.3 Å². The highest BCUT2D eigenvalue weighted by molar-refractivity contribution is 6.39. The Morgan fingerprint density at radius 3 is 2.61 bits per heavy atom. The molecule has 5 nitrogen and oxygen atoms in total. The van der Waals surface area contributed by atoms with Gasteiger partial charge in [-0.2, -0.15) is 0 Å². The van der Waals surface area contributed by atoms with E-state index in [2.05, 4.69) is 15.3 Å². The zero-order valence-corrected chi connectivity index (χ0v) is 11.1. The van der Waals surface area contributed by atoms with Gasteiger partial charge in [0.05, 0.1) is 15.6 Å². The van der Waals surface area contributed by atoms with Gasteiger partial charge in [0.1, 0.15) is 0 Å². The fraction of sp³-hybridized carbons (Fsp3) is 0.364. The quantitative estimate of drug-likeness (QED) is 0.367. The van der Waals surface area contributed by atoms with E-state index in [0.717, 1.165) is 12.8 Å². The zero-order valence-electron chi connectivity index (χ0n) is 9.57. The number of hydrogen-bond donors (Lipinski definition) is 1. The molecule has 1 amide bonds. The van der Waals surface area contributed by atoms with Crippen molar-refractivity contribution in [3.8, 4) is 0 Å². The summed E-state index contributed by atoms with van der Waals surface area (Å²) >= 11 is 11.8. The van der Waals surface area contributed by atoms with Crippen molar-refractivity contribution in [2.24, 2.45) is 5.11 Å². The number of nitrogens with zero attached hydrogens (tertiary/aromatic N) is 3. The predicted octanol–water partition coefficient (Wildman–Crippen LogP) is 3.81. The maximum Gasteiger partial charge on any atom is 0.254 e. The van der Waals surface area contributed by atoms with Crippen LogP contribution in [0.2, 0.25) is 10.0 Å². The molecule has 1 N–H and O–H groups in total. The molecule has 0 radical (unpaired) electrons. The van der Waals surface area contributed by atoms with Gasteiger partial charge < -0.3 is 5.32 Å². The van der Waals surface area contributed by atoms with Crippen LogP contribution in [0.15, 0.2) is 23.3 Å². The lowest BCUT2D eigenvalue weighted by Crippen LogP contribution is -2.25. The van der Waals surface area contributed by atoms with Crippen molar-refractivity contribution >= 4 is 29.1 Å². The summed E-state index contributed by atoms with van der Waals surface area (Å²) in [6.45, 7) is 0.917. The van der Waals surface area contributed by atoms with Gasteiger partial charge in [0.25, 0.3) is 5.91 Å². The minimum Gasteiger partial charge on any atom is -0.352 e. The van der Waals surface area contributed by atoms with E-state index in [9.17, 15) is 4.79 Å². The van der Waals surface area contributed by atoms with Crippen LogP contribution in [0.25, 0.3) is 10.4 Å². The van der Waals surface area contributed by atoms with Gasteiger partial charge in [0.2, 0.25) is 0 Å². The molecule has 0 saturated heterocycles. The zero-order chi connectivity index (χ0) is 13.4. The smallest absolute Gasteiger partial charge is 0.254 e. The molecule has 0 heterocycles. The lowest BCUT2D eigenvalue weighted by molar-refractivity contribution is 0.0953. The molecular weight excluding hydrogens is 275 g/mol. The highest BCUT2D eigenvalue weighted by atomic mass is 35.5. The standard InChI is InChI=1S/C11H12Cl2N4O/c12-8-4-3-5-9(13)10(8)11(18)15-6-1-2-7-16-17-14/h3-5H,1-2,6-7H2,(H,15,18). The first kappa shape index (κ1) is 14.6. The van der Waals surface area contributed by atoms with Crippen molar-refractivity contribution in [2.75, 3.05) is 13.1 Å². The summed E-state index contributed by atoms with van der Waals surface area (Å²) in [4.78, 5) is 14.5. The fourth-order valence-electron chi connectivity index (χ4n) is 1.36. The van der Waals surface area contributed by atoms with Gasteiger partial charge in [-0.25, -0.2) is 0 Å². The van der Waals surface area contributed by atoms with Crippen LogP contribution in [0.4, 0.5) is 0 Å². The Hall–Kier alpha value is -1.42. The topological polar surface area (TPSA) is 77.9 Å². The second-order valence-corrected chi connectivity index (χ2v) is 4.33. The SMILES string of the molecule is [N-]=[N+]=NCCCCNC(=O)c1c(Cl)cccc1Cl. The molecule has 0 saturated carbocycles. The van der Waals surface area contributed by atoms with Gasteiger partial charge in [-0.15, -0.1) is 0 Å².